The monoisotopic (exact) mass is 442 g/mol. The second-order valence-corrected chi connectivity index (χ2v) is 10.1. The highest BCUT2D eigenvalue weighted by molar-refractivity contribution is 7.91. The van der Waals surface area contributed by atoms with Gasteiger partial charge in [0, 0.05) is 43.4 Å². The summed E-state index contributed by atoms with van der Waals surface area (Å²) in [5.41, 5.74) is 0.414. The van der Waals surface area contributed by atoms with E-state index in [0.717, 1.165) is 0 Å². The smallest absolute Gasteiger partial charge is 0.251 e. The van der Waals surface area contributed by atoms with Crippen LogP contribution in [-0.2, 0) is 9.84 Å². The Morgan fingerprint density at radius 2 is 2.00 bits per heavy atom. The molecule has 0 saturated carbocycles. The zero-order valence-corrected chi connectivity index (χ0v) is 17.4. The summed E-state index contributed by atoms with van der Waals surface area (Å²) in [4.78, 5) is 10.7. The van der Waals surface area contributed by atoms with Crippen LogP contribution in [0.4, 0.5) is 20.5 Å². The third-order valence-electron chi connectivity index (χ3n) is 5.57. The van der Waals surface area contributed by atoms with Crippen LogP contribution in [0.2, 0.25) is 0 Å². The average molecular weight is 442 g/mol. The number of hydrogen-bond acceptors (Lipinski definition) is 8. The van der Waals surface area contributed by atoms with Crippen LogP contribution in [0.1, 0.15) is 25.7 Å². The number of piperidine rings is 1. The number of rotatable bonds is 4. The van der Waals surface area contributed by atoms with Gasteiger partial charge in [-0.15, -0.1) is 0 Å². The zero-order chi connectivity index (χ0) is 21.5. The lowest BCUT2D eigenvalue weighted by Crippen LogP contribution is -2.40. The van der Waals surface area contributed by atoms with Gasteiger partial charge < -0.3 is 20.1 Å². The topological polar surface area (TPSA) is 105 Å². The van der Waals surface area contributed by atoms with E-state index >= 15 is 0 Å². The van der Waals surface area contributed by atoms with Crippen molar-refractivity contribution in [1.82, 2.24) is 9.97 Å². The predicted octanol–water partition coefficient (Wildman–Crippen LogP) is 2.57. The molecule has 0 bridgehead atoms. The number of halogens is 2. The Balaban J connectivity index is 1.73. The van der Waals surface area contributed by atoms with Gasteiger partial charge in [-0.05, 0) is 18.9 Å². The van der Waals surface area contributed by atoms with Gasteiger partial charge in [-0.3, -0.25) is 0 Å². The minimum Gasteiger partial charge on any atom is -0.504 e. The van der Waals surface area contributed by atoms with Crippen LogP contribution in [0.5, 0.6) is 11.5 Å². The molecule has 0 spiro atoms. The van der Waals surface area contributed by atoms with E-state index in [-0.39, 0.29) is 60.9 Å². The highest BCUT2D eigenvalue weighted by atomic mass is 32.2. The molecule has 4 rings (SSSR count). The molecule has 11 heteroatoms. The molecule has 1 unspecified atom stereocenters. The first kappa shape index (κ1) is 20.8. The van der Waals surface area contributed by atoms with Gasteiger partial charge >= 0.3 is 0 Å². The molecule has 0 aliphatic carbocycles. The van der Waals surface area contributed by atoms with Crippen LogP contribution in [0.3, 0.4) is 0 Å². The van der Waals surface area contributed by atoms with Gasteiger partial charge in [-0.25, -0.2) is 22.2 Å². The van der Waals surface area contributed by atoms with Gasteiger partial charge in [0.2, 0.25) is 5.95 Å². The average Bonchev–Trinajstić information content (AvgIpc) is 2.66. The fraction of sp³-hybridized carbons (Fsp3) is 0.579. The number of aromatic hydroxyl groups is 1. The molecule has 164 valence electrons. The second kappa shape index (κ2) is 7.68. The first-order chi connectivity index (χ1) is 14.2. The molecule has 2 saturated heterocycles. The van der Waals surface area contributed by atoms with Crippen molar-refractivity contribution in [3.05, 3.63) is 12.1 Å². The molecule has 3 heterocycles. The van der Waals surface area contributed by atoms with Crippen LogP contribution in [0.15, 0.2) is 12.1 Å². The number of aromatic nitrogens is 2. The Bertz CT molecular complexity index is 1050. The van der Waals surface area contributed by atoms with Crippen molar-refractivity contribution in [3.63, 3.8) is 0 Å². The Hall–Kier alpha value is -2.43. The van der Waals surface area contributed by atoms with E-state index in [2.05, 4.69) is 15.3 Å². The molecule has 1 aromatic carbocycles. The number of anilines is 2. The van der Waals surface area contributed by atoms with Gasteiger partial charge in [0.1, 0.15) is 5.82 Å². The van der Waals surface area contributed by atoms with Crippen LogP contribution < -0.4 is 15.0 Å². The third kappa shape index (κ3) is 4.35. The number of methoxy groups -OCH3 is 1. The largest absolute Gasteiger partial charge is 0.504 e. The van der Waals surface area contributed by atoms with Crippen LogP contribution in [-0.4, -0.2) is 67.2 Å². The van der Waals surface area contributed by atoms with Crippen molar-refractivity contribution < 1.29 is 27.0 Å². The molecule has 1 aromatic heterocycles. The maximum Gasteiger partial charge on any atom is 0.251 e. The van der Waals surface area contributed by atoms with Gasteiger partial charge in [0.25, 0.3) is 5.92 Å². The van der Waals surface area contributed by atoms with Crippen molar-refractivity contribution in [3.8, 4) is 11.5 Å². The number of hydrogen-bond donors (Lipinski definition) is 2. The highest BCUT2D eigenvalue weighted by Crippen LogP contribution is 2.36. The molecule has 2 aromatic rings. The Kier molecular flexibility index (Phi) is 5.33. The number of fused-ring (bicyclic) bond motifs is 1. The summed E-state index contributed by atoms with van der Waals surface area (Å²) in [6.45, 7) is 0.218. The molecule has 1 atom stereocenters. The second-order valence-electron chi connectivity index (χ2n) is 7.85. The van der Waals surface area contributed by atoms with E-state index in [1.54, 1.807) is 11.0 Å². The number of nitrogens with zero attached hydrogens (tertiary/aromatic N) is 3. The number of alkyl halides is 2. The van der Waals surface area contributed by atoms with Crippen molar-refractivity contribution >= 4 is 32.5 Å². The van der Waals surface area contributed by atoms with E-state index in [0.29, 0.717) is 29.6 Å². The standard InChI is InChI=1S/C19H24F2N4O4S/c1-29-16-9-13-14(10-15(16)26)23-18(25-6-4-19(20,21)5-7-25)24-17(13)22-12-3-2-8-30(27,28)11-12/h9-10,12,26H,2-8,11H2,1H3,(H,22,23,24). The number of phenols is 1. The minimum atomic E-state index is -3.13. The summed E-state index contributed by atoms with van der Waals surface area (Å²) in [7, 11) is -1.71. The third-order valence-corrected chi connectivity index (χ3v) is 7.39. The van der Waals surface area contributed by atoms with Crippen molar-refractivity contribution in [2.45, 2.75) is 37.6 Å². The predicted molar refractivity (Wildman–Crippen MR) is 109 cm³/mol. The lowest BCUT2D eigenvalue weighted by Gasteiger charge is -2.32. The lowest BCUT2D eigenvalue weighted by molar-refractivity contribution is -0.0222. The molecule has 30 heavy (non-hydrogen) atoms. The Labute approximate surface area is 173 Å². The van der Waals surface area contributed by atoms with E-state index < -0.39 is 15.8 Å². The zero-order valence-electron chi connectivity index (χ0n) is 16.6. The molecule has 0 amide bonds. The van der Waals surface area contributed by atoms with Crippen LogP contribution in [0, 0.1) is 0 Å². The van der Waals surface area contributed by atoms with Crippen molar-refractivity contribution in [2.75, 3.05) is 41.9 Å². The highest BCUT2D eigenvalue weighted by Gasteiger charge is 2.35. The summed E-state index contributed by atoms with van der Waals surface area (Å²) in [6, 6.07) is 2.69. The maximum absolute atomic E-state index is 13.6. The minimum absolute atomic E-state index is 0.00101. The fourth-order valence-corrected chi connectivity index (χ4v) is 5.55. The summed E-state index contributed by atoms with van der Waals surface area (Å²) < 4.78 is 56.4. The number of sulfone groups is 1. The Morgan fingerprint density at radius 1 is 1.27 bits per heavy atom. The molecular weight excluding hydrogens is 418 g/mol. The maximum atomic E-state index is 13.6. The first-order valence-corrected chi connectivity index (χ1v) is 11.7. The molecule has 0 radical (unpaired) electrons. The molecule has 2 fully saturated rings. The van der Waals surface area contributed by atoms with Crippen molar-refractivity contribution in [1.29, 1.82) is 0 Å². The van der Waals surface area contributed by atoms with E-state index in [1.165, 1.54) is 13.2 Å². The van der Waals surface area contributed by atoms with Gasteiger partial charge in [-0.1, -0.05) is 0 Å². The number of phenolic OH excluding ortho intramolecular Hbond substituents is 1. The lowest BCUT2D eigenvalue weighted by atomic mass is 10.1. The van der Waals surface area contributed by atoms with Crippen molar-refractivity contribution in [2.24, 2.45) is 0 Å². The van der Waals surface area contributed by atoms with Crippen LogP contribution in [0.25, 0.3) is 10.9 Å². The van der Waals surface area contributed by atoms with E-state index in [9.17, 15) is 22.3 Å². The molecular formula is C19H24F2N4O4S. The number of benzene rings is 1. The quantitative estimate of drug-likeness (QED) is 0.745. The van der Waals surface area contributed by atoms with Crippen LogP contribution >= 0.6 is 0 Å². The normalized spacial score (nSPS) is 23.3. The molecule has 2 N–H and O–H groups in total. The molecule has 8 nitrogen and oxygen atoms in total. The molecule has 2 aliphatic heterocycles. The fourth-order valence-electron chi connectivity index (χ4n) is 3.91. The van der Waals surface area contributed by atoms with Gasteiger partial charge in [0.15, 0.2) is 21.3 Å². The van der Waals surface area contributed by atoms with Gasteiger partial charge in [-0.2, -0.15) is 4.98 Å². The SMILES string of the molecule is COc1cc2c(NC3CCCS(=O)(=O)C3)nc(N3CCC(F)(F)CC3)nc2cc1O. The summed E-state index contributed by atoms with van der Waals surface area (Å²) in [6.07, 6.45) is 0.657. The van der Waals surface area contributed by atoms with Gasteiger partial charge in [0.05, 0.1) is 24.1 Å². The summed E-state index contributed by atoms with van der Waals surface area (Å²) in [5.74, 6) is -1.74. The van der Waals surface area contributed by atoms with E-state index in [1.807, 2.05) is 0 Å². The summed E-state index contributed by atoms with van der Waals surface area (Å²) in [5, 5.41) is 13.9. The number of nitrogens with one attached hydrogen (secondary N) is 1. The van der Waals surface area contributed by atoms with E-state index in [4.69, 9.17) is 4.74 Å². The first-order valence-electron chi connectivity index (χ1n) is 9.84. The Morgan fingerprint density at radius 3 is 2.67 bits per heavy atom. The molecule has 2 aliphatic rings. The summed E-state index contributed by atoms with van der Waals surface area (Å²) >= 11 is 0. The number of ether oxygens (including phenoxy) is 1.